The maximum atomic E-state index is 12.7. The molecule has 9 heteroatoms. The lowest BCUT2D eigenvalue weighted by Crippen LogP contribution is -2.28. The topological polar surface area (TPSA) is 102 Å². The molecule has 1 heterocycles. The molecule has 1 fully saturated rings. The number of esters is 1. The monoisotopic (exact) mass is 432 g/mol. The van der Waals surface area contributed by atoms with Crippen molar-refractivity contribution in [3.63, 3.8) is 0 Å². The Morgan fingerprint density at radius 2 is 1.77 bits per heavy atom. The van der Waals surface area contributed by atoms with E-state index < -0.39 is 21.9 Å². The van der Waals surface area contributed by atoms with Crippen LogP contribution in [-0.2, 0) is 19.6 Å². The zero-order valence-corrected chi connectivity index (χ0v) is 17.5. The summed E-state index contributed by atoms with van der Waals surface area (Å²) in [5, 5.41) is 2.64. The number of hydrogen-bond donors (Lipinski definition) is 1. The molecule has 160 valence electrons. The van der Waals surface area contributed by atoms with Crippen LogP contribution in [0, 0.1) is 0 Å². The Morgan fingerprint density at radius 3 is 2.43 bits per heavy atom. The third-order valence-electron chi connectivity index (χ3n) is 4.56. The van der Waals surface area contributed by atoms with Gasteiger partial charge in [-0.05, 0) is 62.2 Å². The van der Waals surface area contributed by atoms with E-state index >= 15 is 0 Å². The minimum Gasteiger partial charge on any atom is -0.484 e. The molecule has 3 rings (SSSR count). The fourth-order valence-electron chi connectivity index (χ4n) is 3.06. The van der Waals surface area contributed by atoms with Gasteiger partial charge in [0.25, 0.3) is 5.91 Å². The van der Waals surface area contributed by atoms with Crippen molar-refractivity contribution in [2.75, 3.05) is 31.6 Å². The quantitative estimate of drug-likeness (QED) is 0.644. The number of nitrogens with one attached hydrogen (secondary N) is 1. The number of rotatable bonds is 8. The highest BCUT2D eigenvalue weighted by Crippen LogP contribution is 2.23. The van der Waals surface area contributed by atoms with Gasteiger partial charge in [-0.3, -0.25) is 4.79 Å². The van der Waals surface area contributed by atoms with Crippen molar-refractivity contribution in [1.82, 2.24) is 4.31 Å². The molecule has 0 spiro atoms. The van der Waals surface area contributed by atoms with Gasteiger partial charge in [0, 0.05) is 18.8 Å². The Balaban J connectivity index is 1.57. The lowest BCUT2D eigenvalue weighted by molar-refractivity contribution is -0.118. The van der Waals surface area contributed by atoms with Crippen LogP contribution in [0.4, 0.5) is 5.69 Å². The molecule has 2 aromatic rings. The molecule has 1 aliphatic rings. The molecular formula is C21H24N2O6S. The largest absolute Gasteiger partial charge is 0.484 e. The van der Waals surface area contributed by atoms with Gasteiger partial charge in [0.1, 0.15) is 5.75 Å². The predicted octanol–water partition coefficient (Wildman–Crippen LogP) is 2.67. The molecule has 1 aliphatic heterocycles. The number of carbonyl (C=O) groups excluding carboxylic acids is 2. The lowest BCUT2D eigenvalue weighted by Gasteiger charge is -2.16. The molecule has 0 aromatic heterocycles. The van der Waals surface area contributed by atoms with Gasteiger partial charge in [-0.2, -0.15) is 4.31 Å². The van der Waals surface area contributed by atoms with Gasteiger partial charge < -0.3 is 14.8 Å². The van der Waals surface area contributed by atoms with Crippen molar-refractivity contribution >= 4 is 27.6 Å². The van der Waals surface area contributed by atoms with Crippen LogP contribution in [0.15, 0.2) is 53.4 Å². The van der Waals surface area contributed by atoms with E-state index in [-0.39, 0.29) is 18.1 Å². The first-order valence-electron chi connectivity index (χ1n) is 9.70. The lowest BCUT2D eigenvalue weighted by atomic mass is 10.2. The number of carbonyl (C=O) groups is 2. The summed E-state index contributed by atoms with van der Waals surface area (Å²) in [6.07, 6.45) is 1.71. The SMILES string of the molecule is CCOC(=O)c1ccc(OCC(=O)Nc2cccc(S(=O)(=O)N3CCCC3)c2)cc1. The van der Waals surface area contributed by atoms with Crippen molar-refractivity contribution in [2.24, 2.45) is 0 Å². The van der Waals surface area contributed by atoms with Crippen LogP contribution in [0.25, 0.3) is 0 Å². The average Bonchev–Trinajstić information content (AvgIpc) is 3.29. The third-order valence-corrected chi connectivity index (χ3v) is 6.45. The van der Waals surface area contributed by atoms with Crippen molar-refractivity contribution in [2.45, 2.75) is 24.7 Å². The molecule has 1 N–H and O–H groups in total. The standard InChI is InChI=1S/C21H24N2O6S/c1-2-28-21(25)16-8-10-18(11-9-16)29-15-20(24)22-17-6-5-7-19(14-17)30(26,27)23-12-3-4-13-23/h5-11,14H,2-4,12-13,15H2,1H3,(H,22,24). The molecule has 0 unspecified atom stereocenters. The number of ether oxygens (including phenoxy) is 2. The maximum Gasteiger partial charge on any atom is 0.338 e. The summed E-state index contributed by atoms with van der Waals surface area (Å²) >= 11 is 0. The minimum atomic E-state index is -3.55. The molecule has 1 saturated heterocycles. The van der Waals surface area contributed by atoms with E-state index in [1.165, 1.54) is 16.4 Å². The van der Waals surface area contributed by atoms with Gasteiger partial charge in [0.05, 0.1) is 17.1 Å². The molecule has 0 aliphatic carbocycles. The Bertz CT molecular complexity index is 998. The van der Waals surface area contributed by atoms with Gasteiger partial charge >= 0.3 is 5.97 Å². The molecule has 8 nitrogen and oxygen atoms in total. The number of nitrogens with zero attached hydrogens (tertiary/aromatic N) is 1. The predicted molar refractivity (Wildman–Crippen MR) is 111 cm³/mol. The van der Waals surface area contributed by atoms with E-state index in [1.807, 2.05) is 0 Å². The number of sulfonamides is 1. The zero-order valence-electron chi connectivity index (χ0n) is 16.7. The number of anilines is 1. The van der Waals surface area contributed by atoms with Crippen LogP contribution in [0.1, 0.15) is 30.1 Å². The Morgan fingerprint density at radius 1 is 1.07 bits per heavy atom. The maximum absolute atomic E-state index is 12.7. The summed E-state index contributed by atoms with van der Waals surface area (Å²) in [7, 11) is -3.55. The van der Waals surface area contributed by atoms with E-state index in [4.69, 9.17) is 9.47 Å². The van der Waals surface area contributed by atoms with Crippen LogP contribution in [0.5, 0.6) is 5.75 Å². The summed E-state index contributed by atoms with van der Waals surface area (Å²) in [4.78, 5) is 24.0. The van der Waals surface area contributed by atoms with Crippen LogP contribution in [-0.4, -0.2) is 50.9 Å². The normalized spacial score (nSPS) is 14.3. The second-order valence-corrected chi connectivity index (χ2v) is 8.66. The average molecular weight is 432 g/mol. The van der Waals surface area contributed by atoms with E-state index in [0.717, 1.165) is 12.8 Å². The number of amides is 1. The zero-order chi connectivity index (χ0) is 21.6. The summed E-state index contributed by atoms with van der Waals surface area (Å²) in [5.41, 5.74) is 0.770. The summed E-state index contributed by atoms with van der Waals surface area (Å²) in [6, 6.07) is 12.4. The van der Waals surface area contributed by atoms with Gasteiger partial charge in [-0.1, -0.05) is 6.07 Å². The van der Waals surface area contributed by atoms with E-state index in [0.29, 0.717) is 30.1 Å². The first-order chi connectivity index (χ1) is 14.4. The summed E-state index contributed by atoms with van der Waals surface area (Å²) in [6.45, 7) is 2.79. The fourth-order valence-corrected chi connectivity index (χ4v) is 4.62. The Kier molecular flexibility index (Phi) is 7.07. The third kappa shape index (κ3) is 5.37. The molecule has 30 heavy (non-hydrogen) atoms. The van der Waals surface area contributed by atoms with Gasteiger partial charge in [0.2, 0.25) is 10.0 Å². The van der Waals surface area contributed by atoms with Crippen LogP contribution in [0.2, 0.25) is 0 Å². The number of hydrogen-bond acceptors (Lipinski definition) is 6. The number of benzene rings is 2. The molecular weight excluding hydrogens is 408 g/mol. The van der Waals surface area contributed by atoms with Gasteiger partial charge in [-0.15, -0.1) is 0 Å². The molecule has 0 saturated carbocycles. The first-order valence-corrected chi connectivity index (χ1v) is 11.1. The van der Waals surface area contributed by atoms with E-state index in [1.54, 1.807) is 43.3 Å². The van der Waals surface area contributed by atoms with Crippen molar-refractivity contribution in [3.8, 4) is 5.75 Å². The second kappa shape index (κ2) is 9.73. The van der Waals surface area contributed by atoms with Crippen LogP contribution < -0.4 is 10.1 Å². The smallest absolute Gasteiger partial charge is 0.338 e. The van der Waals surface area contributed by atoms with E-state index in [2.05, 4.69) is 5.32 Å². The summed E-state index contributed by atoms with van der Waals surface area (Å²) in [5.74, 6) is -0.436. The highest BCUT2D eigenvalue weighted by molar-refractivity contribution is 7.89. The van der Waals surface area contributed by atoms with E-state index in [9.17, 15) is 18.0 Å². The summed E-state index contributed by atoms with van der Waals surface area (Å²) < 4.78 is 37.1. The molecule has 1 amide bonds. The molecule has 2 aromatic carbocycles. The van der Waals surface area contributed by atoms with Crippen LogP contribution >= 0.6 is 0 Å². The fraction of sp³-hybridized carbons (Fsp3) is 0.333. The van der Waals surface area contributed by atoms with Crippen molar-refractivity contribution in [1.29, 1.82) is 0 Å². The molecule has 0 atom stereocenters. The first kappa shape index (κ1) is 21.8. The highest BCUT2D eigenvalue weighted by atomic mass is 32.2. The molecule has 0 radical (unpaired) electrons. The van der Waals surface area contributed by atoms with Crippen molar-refractivity contribution in [3.05, 3.63) is 54.1 Å². The van der Waals surface area contributed by atoms with Gasteiger partial charge in [-0.25, -0.2) is 13.2 Å². The minimum absolute atomic E-state index is 0.151. The Hall–Kier alpha value is -2.91. The second-order valence-electron chi connectivity index (χ2n) is 6.72. The van der Waals surface area contributed by atoms with Crippen LogP contribution in [0.3, 0.4) is 0 Å². The van der Waals surface area contributed by atoms with Gasteiger partial charge in [0.15, 0.2) is 6.61 Å². The molecule has 0 bridgehead atoms. The van der Waals surface area contributed by atoms with Crippen molar-refractivity contribution < 1.29 is 27.5 Å². The highest BCUT2D eigenvalue weighted by Gasteiger charge is 2.27. The Labute approximate surface area is 175 Å².